The second-order valence-corrected chi connectivity index (χ2v) is 6.64. The number of pyridine rings is 2. The fourth-order valence-corrected chi connectivity index (χ4v) is 3.55. The van der Waals surface area contributed by atoms with Gasteiger partial charge in [0.1, 0.15) is 0 Å². The van der Waals surface area contributed by atoms with Crippen molar-refractivity contribution in [2.75, 3.05) is 0 Å². The van der Waals surface area contributed by atoms with Crippen LogP contribution in [0.1, 0.15) is 22.5 Å². The van der Waals surface area contributed by atoms with Crippen LogP contribution in [0.2, 0.25) is 0 Å². The SMILES string of the molecule is O=C(N/N=C1/CCn2cccc21)c1cc(-c2ccncc2)nc2ccccc12. The van der Waals surface area contributed by atoms with Gasteiger partial charge in [0.05, 0.1) is 28.2 Å². The van der Waals surface area contributed by atoms with Crippen LogP contribution in [0.5, 0.6) is 0 Å². The molecule has 28 heavy (non-hydrogen) atoms. The van der Waals surface area contributed by atoms with Crippen molar-refractivity contribution >= 4 is 22.5 Å². The van der Waals surface area contributed by atoms with E-state index in [0.29, 0.717) is 5.56 Å². The summed E-state index contributed by atoms with van der Waals surface area (Å²) in [5.41, 5.74) is 7.65. The second kappa shape index (κ2) is 6.74. The molecule has 0 spiro atoms. The van der Waals surface area contributed by atoms with Gasteiger partial charge in [-0.15, -0.1) is 0 Å². The van der Waals surface area contributed by atoms with E-state index in [0.717, 1.165) is 46.5 Å². The number of hydrazone groups is 1. The van der Waals surface area contributed by atoms with Crippen LogP contribution >= 0.6 is 0 Å². The van der Waals surface area contributed by atoms with Crippen molar-refractivity contribution in [3.8, 4) is 11.3 Å². The van der Waals surface area contributed by atoms with Gasteiger partial charge < -0.3 is 4.57 Å². The number of benzene rings is 1. The molecule has 1 aliphatic heterocycles. The molecule has 6 heteroatoms. The van der Waals surface area contributed by atoms with E-state index in [1.54, 1.807) is 12.4 Å². The third-order valence-corrected chi connectivity index (χ3v) is 4.94. The molecule has 0 atom stereocenters. The number of carbonyl (C=O) groups excluding carboxylic acids is 1. The largest absolute Gasteiger partial charge is 0.346 e. The Hall–Kier alpha value is -3.80. The van der Waals surface area contributed by atoms with Crippen molar-refractivity contribution in [1.29, 1.82) is 0 Å². The van der Waals surface area contributed by atoms with E-state index in [2.05, 4.69) is 20.1 Å². The van der Waals surface area contributed by atoms with Gasteiger partial charge in [-0.05, 0) is 36.4 Å². The standard InChI is InChI=1S/C22H17N5O/c28-22(26-25-19-9-13-27-12-3-6-21(19)27)17-14-20(15-7-10-23-11-8-15)24-18-5-2-1-4-16(17)18/h1-8,10-12,14H,9,13H2,(H,26,28)/b25-19-. The molecule has 3 aromatic heterocycles. The first-order valence-corrected chi connectivity index (χ1v) is 9.12. The number of carbonyl (C=O) groups is 1. The number of nitrogens with one attached hydrogen (secondary N) is 1. The fraction of sp³-hybridized carbons (Fsp3) is 0.0909. The molecule has 0 saturated carbocycles. The number of hydrogen-bond acceptors (Lipinski definition) is 4. The van der Waals surface area contributed by atoms with Crippen LogP contribution in [-0.4, -0.2) is 26.2 Å². The van der Waals surface area contributed by atoms with Gasteiger partial charge in [-0.2, -0.15) is 5.10 Å². The predicted octanol–water partition coefficient (Wildman–Crippen LogP) is 3.64. The highest BCUT2D eigenvalue weighted by Gasteiger charge is 2.18. The number of fused-ring (bicyclic) bond motifs is 2. The first-order valence-electron chi connectivity index (χ1n) is 9.12. The van der Waals surface area contributed by atoms with Gasteiger partial charge in [-0.25, -0.2) is 10.4 Å². The number of aromatic nitrogens is 3. The quantitative estimate of drug-likeness (QED) is 0.562. The van der Waals surface area contributed by atoms with Gasteiger partial charge in [0.15, 0.2) is 0 Å². The van der Waals surface area contributed by atoms with Crippen LogP contribution in [0.25, 0.3) is 22.2 Å². The minimum absolute atomic E-state index is 0.244. The molecule has 0 saturated heterocycles. The molecule has 1 amide bonds. The zero-order valence-corrected chi connectivity index (χ0v) is 15.0. The minimum Gasteiger partial charge on any atom is -0.346 e. The summed E-state index contributed by atoms with van der Waals surface area (Å²) >= 11 is 0. The maximum absolute atomic E-state index is 13.0. The molecule has 0 bridgehead atoms. The highest BCUT2D eigenvalue weighted by Crippen LogP contribution is 2.24. The first kappa shape index (κ1) is 16.4. The lowest BCUT2D eigenvalue weighted by Crippen LogP contribution is -2.20. The Morgan fingerprint density at radius 1 is 1.07 bits per heavy atom. The summed E-state index contributed by atoms with van der Waals surface area (Å²) in [5.74, 6) is -0.244. The number of aryl methyl sites for hydroxylation is 1. The molecule has 5 rings (SSSR count). The molecule has 136 valence electrons. The summed E-state index contributed by atoms with van der Waals surface area (Å²) < 4.78 is 2.13. The van der Waals surface area contributed by atoms with E-state index in [4.69, 9.17) is 4.98 Å². The maximum atomic E-state index is 13.0. The molecule has 1 N–H and O–H groups in total. The Labute approximate surface area is 161 Å². The predicted molar refractivity (Wildman–Crippen MR) is 108 cm³/mol. The second-order valence-electron chi connectivity index (χ2n) is 6.64. The van der Waals surface area contributed by atoms with Crippen molar-refractivity contribution in [3.05, 3.63) is 84.4 Å². The Morgan fingerprint density at radius 3 is 2.82 bits per heavy atom. The molecular weight excluding hydrogens is 350 g/mol. The number of rotatable bonds is 3. The van der Waals surface area contributed by atoms with Crippen LogP contribution in [0, 0.1) is 0 Å². The molecule has 1 aromatic carbocycles. The van der Waals surface area contributed by atoms with Crippen molar-refractivity contribution < 1.29 is 4.79 Å². The van der Waals surface area contributed by atoms with Gasteiger partial charge in [-0.3, -0.25) is 9.78 Å². The Morgan fingerprint density at radius 2 is 1.93 bits per heavy atom. The summed E-state index contributed by atoms with van der Waals surface area (Å²) in [5, 5.41) is 5.19. The number of nitrogens with zero attached hydrogens (tertiary/aromatic N) is 4. The first-order chi connectivity index (χ1) is 13.8. The Bertz CT molecular complexity index is 1210. The zero-order chi connectivity index (χ0) is 18.9. The summed E-state index contributed by atoms with van der Waals surface area (Å²) in [7, 11) is 0. The highest BCUT2D eigenvalue weighted by molar-refractivity contribution is 6.08. The van der Waals surface area contributed by atoms with Gasteiger partial charge in [0.25, 0.3) is 5.91 Å². The lowest BCUT2D eigenvalue weighted by Gasteiger charge is -2.09. The van der Waals surface area contributed by atoms with Gasteiger partial charge in [-0.1, -0.05) is 18.2 Å². The minimum atomic E-state index is -0.244. The third kappa shape index (κ3) is 2.85. The van der Waals surface area contributed by atoms with Gasteiger partial charge in [0.2, 0.25) is 0 Å². The number of hydrogen-bond donors (Lipinski definition) is 1. The van der Waals surface area contributed by atoms with Crippen LogP contribution in [0.15, 0.2) is 78.3 Å². The molecule has 6 nitrogen and oxygen atoms in total. The molecule has 4 aromatic rings. The van der Waals surface area contributed by atoms with Crippen molar-refractivity contribution in [1.82, 2.24) is 20.0 Å². The van der Waals surface area contributed by atoms with Crippen molar-refractivity contribution in [3.63, 3.8) is 0 Å². The van der Waals surface area contributed by atoms with Crippen LogP contribution in [-0.2, 0) is 6.54 Å². The molecule has 4 heterocycles. The van der Waals surface area contributed by atoms with Crippen molar-refractivity contribution in [2.45, 2.75) is 13.0 Å². The molecule has 1 aliphatic rings. The van der Waals surface area contributed by atoms with Crippen LogP contribution in [0.3, 0.4) is 0 Å². The molecule has 0 radical (unpaired) electrons. The number of para-hydroxylation sites is 1. The lowest BCUT2D eigenvalue weighted by molar-refractivity contribution is 0.0956. The van der Waals surface area contributed by atoms with E-state index >= 15 is 0 Å². The van der Waals surface area contributed by atoms with Gasteiger partial charge >= 0.3 is 0 Å². The zero-order valence-electron chi connectivity index (χ0n) is 15.0. The molecule has 0 aliphatic carbocycles. The number of amides is 1. The lowest BCUT2D eigenvalue weighted by atomic mass is 10.0. The van der Waals surface area contributed by atoms with Crippen molar-refractivity contribution in [2.24, 2.45) is 5.10 Å². The summed E-state index contributed by atoms with van der Waals surface area (Å²) in [6.07, 6.45) is 6.27. The highest BCUT2D eigenvalue weighted by atomic mass is 16.2. The average molecular weight is 367 g/mol. The molecular formula is C22H17N5O. The van der Waals surface area contributed by atoms with Crippen LogP contribution in [0.4, 0.5) is 0 Å². The maximum Gasteiger partial charge on any atom is 0.272 e. The Balaban J connectivity index is 1.53. The molecule has 0 fully saturated rings. The van der Waals surface area contributed by atoms with E-state index in [9.17, 15) is 4.79 Å². The van der Waals surface area contributed by atoms with E-state index in [1.165, 1.54) is 0 Å². The normalized spacial score (nSPS) is 14.4. The average Bonchev–Trinajstić information content (AvgIpc) is 3.36. The van der Waals surface area contributed by atoms with E-state index < -0.39 is 0 Å². The van der Waals surface area contributed by atoms with E-state index in [1.807, 2.05) is 60.8 Å². The third-order valence-electron chi connectivity index (χ3n) is 4.94. The Kier molecular flexibility index (Phi) is 3.94. The summed E-state index contributed by atoms with van der Waals surface area (Å²) in [6.45, 7) is 0.890. The smallest absolute Gasteiger partial charge is 0.272 e. The van der Waals surface area contributed by atoms with Gasteiger partial charge in [0, 0.05) is 42.5 Å². The van der Waals surface area contributed by atoms with E-state index in [-0.39, 0.29) is 5.91 Å². The summed E-state index contributed by atoms with van der Waals surface area (Å²) in [6, 6.07) is 17.2. The summed E-state index contributed by atoms with van der Waals surface area (Å²) in [4.78, 5) is 21.7. The fourth-order valence-electron chi connectivity index (χ4n) is 3.55. The monoisotopic (exact) mass is 367 g/mol. The molecule has 0 unspecified atom stereocenters. The van der Waals surface area contributed by atoms with Crippen LogP contribution < -0.4 is 5.43 Å². The topological polar surface area (TPSA) is 72.2 Å².